The molecule has 0 unspecified atom stereocenters. The number of ether oxygens (including phenoxy) is 1. The Bertz CT molecular complexity index is 823. The molecule has 28 heavy (non-hydrogen) atoms. The summed E-state index contributed by atoms with van der Waals surface area (Å²) in [5, 5.41) is 7.34. The first-order valence-corrected chi connectivity index (χ1v) is 9.66. The van der Waals surface area contributed by atoms with E-state index in [0.717, 1.165) is 22.8 Å². The van der Waals surface area contributed by atoms with Gasteiger partial charge in [-0.25, -0.2) is 14.5 Å². The van der Waals surface area contributed by atoms with E-state index >= 15 is 0 Å². The largest absolute Gasteiger partial charge is 0.466 e. The lowest BCUT2D eigenvalue weighted by atomic mass is 9.97. The molecule has 3 heterocycles. The summed E-state index contributed by atoms with van der Waals surface area (Å²) >= 11 is 0. The van der Waals surface area contributed by atoms with Crippen molar-refractivity contribution in [1.29, 1.82) is 0 Å². The molecule has 0 atom stereocenters. The molecule has 2 aromatic heterocycles. The third kappa shape index (κ3) is 4.68. The van der Waals surface area contributed by atoms with Crippen molar-refractivity contribution >= 4 is 12.0 Å². The first kappa shape index (κ1) is 19.9. The van der Waals surface area contributed by atoms with Gasteiger partial charge in [-0.05, 0) is 51.3 Å². The molecule has 0 saturated carbocycles. The lowest BCUT2D eigenvalue weighted by molar-refractivity contribution is -0.149. The number of nitrogens with one attached hydrogen (secondary N) is 1. The number of carbonyl (C=O) groups excluding carboxylic acids is 2. The van der Waals surface area contributed by atoms with Crippen molar-refractivity contribution in [1.82, 2.24) is 25.0 Å². The Kier molecular flexibility index (Phi) is 6.28. The van der Waals surface area contributed by atoms with Crippen LogP contribution in [0, 0.1) is 19.8 Å². The molecule has 2 aromatic rings. The summed E-state index contributed by atoms with van der Waals surface area (Å²) < 4.78 is 6.86. The van der Waals surface area contributed by atoms with E-state index in [1.807, 2.05) is 32.0 Å². The molecule has 0 radical (unpaired) electrons. The van der Waals surface area contributed by atoms with Gasteiger partial charge >= 0.3 is 12.0 Å². The second-order valence-corrected chi connectivity index (χ2v) is 7.04. The summed E-state index contributed by atoms with van der Waals surface area (Å²) in [5.41, 5.74) is 2.89. The molecule has 0 aromatic carbocycles. The second kappa shape index (κ2) is 8.86. The highest BCUT2D eigenvalue weighted by Gasteiger charge is 2.28. The quantitative estimate of drug-likeness (QED) is 0.798. The first-order valence-electron chi connectivity index (χ1n) is 9.66. The van der Waals surface area contributed by atoms with Crippen LogP contribution in [0.2, 0.25) is 0 Å². The third-order valence-corrected chi connectivity index (χ3v) is 4.88. The van der Waals surface area contributed by atoms with Gasteiger partial charge in [0.25, 0.3) is 0 Å². The zero-order valence-electron chi connectivity index (χ0n) is 16.6. The number of pyridine rings is 1. The summed E-state index contributed by atoms with van der Waals surface area (Å²) in [6.45, 7) is 7.66. The number of piperidine rings is 1. The predicted molar refractivity (Wildman–Crippen MR) is 104 cm³/mol. The minimum Gasteiger partial charge on any atom is -0.466 e. The van der Waals surface area contributed by atoms with Gasteiger partial charge in [0.15, 0.2) is 5.82 Å². The molecule has 1 saturated heterocycles. The van der Waals surface area contributed by atoms with E-state index in [1.165, 1.54) is 0 Å². The fraction of sp³-hybridized carbons (Fsp3) is 0.500. The molecule has 1 aliphatic heterocycles. The Labute approximate surface area is 164 Å². The summed E-state index contributed by atoms with van der Waals surface area (Å²) in [6.07, 6.45) is 3.04. The molecule has 150 valence electrons. The zero-order valence-corrected chi connectivity index (χ0v) is 16.6. The summed E-state index contributed by atoms with van der Waals surface area (Å²) in [5.74, 6) is 0.494. The van der Waals surface area contributed by atoms with Crippen LogP contribution in [0.15, 0.2) is 24.4 Å². The molecule has 0 aliphatic carbocycles. The summed E-state index contributed by atoms with van der Waals surface area (Å²) in [7, 11) is 0. The van der Waals surface area contributed by atoms with Gasteiger partial charge in [-0.2, -0.15) is 5.10 Å². The molecule has 8 heteroatoms. The third-order valence-electron chi connectivity index (χ3n) is 4.88. The van der Waals surface area contributed by atoms with E-state index in [9.17, 15) is 9.59 Å². The van der Waals surface area contributed by atoms with E-state index in [0.29, 0.717) is 39.1 Å². The van der Waals surface area contributed by atoms with Crippen molar-refractivity contribution < 1.29 is 14.3 Å². The topological polar surface area (TPSA) is 89.4 Å². The average molecular weight is 385 g/mol. The molecule has 1 aliphatic rings. The number of aryl methyl sites for hydroxylation is 2. The molecule has 1 fully saturated rings. The molecule has 2 amide bonds. The number of hydrogen-bond donors (Lipinski definition) is 1. The zero-order chi connectivity index (χ0) is 20.1. The van der Waals surface area contributed by atoms with Gasteiger partial charge in [0.05, 0.1) is 18.2 Å². The van der Waals surface area contributed by atoms with Crippen LogP contribution in [0.3, 0.4) is 0 Å². The van der Waals surface area contributed by atoms with Gasteiger partial charge in [0.1, 0.15) is 0 Å². The Morgan fingerprint density at radius 2 is 2.00 bits per heavy atom. The minimum atomic E-state index is -0.156. The number of rotatable bonds is 5. The van der Waals surface area contributed by atoms with Crippen molar-refractivity contribution in [3.05, 3.63) is 41.3 Å². The van der Waals surface area contributed by atoms with Crippen LogP contribution in [0.5, 0.6) is 0 Å². The van der Waals surface area contributed by atoms with Crippen LogP contribution in [0.25, 0.3) is 5.82 Å². The van der Waals surface area contributed by atoms with Gasteiger partial charge < -0.3 is 15.0 Å². The molecule has 1 N–H and O–H groups in total. The number of hydrogen-bond acceptors (Lipinski definition) is 5. The average Bonchev–Trinajstić information content (AvgIpc) is 3.05. The minimum absolute atomic E-state index is 0.102. The monoisotopic (exact) mass is 385 g/mol. The first-order chi connectivity index (χ1) is 13.5. The molecular weight excluding hydrogens is 358 g/mol. The van der Waals surface area contributed by atoms with Crippen molar-refractivity contribution in [2.75, 3.05) is 19.7 Å². The van der Waals surface area contributed by atoms with E-state index < -0.39 is 0 Å². The highest BCUT2D eigenvalue weighted by Crippen LogP contribution is 2.18. The van der Waals surface area contributed by atoms with E-state index in [-0.39, 0.29) is 17.9 Å². The molecule has 0 bridgehead atoms. The smallest absolute Gasteiger partial charge is 0.317 e. The number of carbonyl (C=O) groups is 2. The Morgan fingerprint density at radius 3 is 2.57 bits per heavy atom. The van der Waals surface area contributed by atoms with Gasteiger partial charge in [-0.1, -0.05) is 6.07 Å². The fourth-order valence-electron chi connectivity index (χ4n) is 3.38. The van der Waals surface area contributed by atoms with Crippen LogP contribution in [-0.4, -0.2) is 51.4 Å². The number of aromatic nitrogens is 3. The Balaban J connectivity index is 1.49. The lowest BCUT2D eigenvalue weighted by Crippen LogP contribution is -2.45. The van der Waals surface area contributed by atoms with Crippen molar-refractivity contribution in [3.63, 3.8) is 0 Å². The van der Waals surface area contributed by atoms with Crippen LogP contribution in [0.1, 0.15) is 36.7 Å². The number of urea groups is 1. The van der Waals surface area contributed by atoms with Crippen LogP contribution >= 0.6 is 0 Å². The van der Waals surface area contributed by atoms with Crippen molar-refractivity contribution in [2.45, 2.75) is 40.2 Å². The maximum atomic E-state index is 12.4. The highest BCUT2D eigenvalue weighted by atomic mass is 16.5. The van der Waals surface area contributed by atoms with Crippen LogP contribution in [-0.2, 0) is 16.1 Å². The Hall–Kier alpha value is -2.90. The summed E-state index contributed by atoms with van der Waals surface area (Å²) in [6, 6.07) is 5.71. The van der Waals surface area contributed by atoms with Gasteiger partial charge in [0, 0.05) is 31.5 Å². The number of esters is 1. The maximum absolute atomic E-state index is 12.4. The fourth-order valence-corrected chi connectivity index (χ4v) is 3.38. The predicted octanol–water partition coefficient (Wildman–Crippen LogP) is 2.37. The maximum Gasteiger partial charge on any atom is 0.317 e. The van der Waals surface area contributed by atoms with E-state index in [1.54, 1.807) is 22.7 Å². The SMILES string of the molecule is CCOC(=O)C1CCN(C(=O)NCc2ccc(-n3nc(C)cc3C)nc2)CC1. The van der Waals surface area contributed by atoms with Gasteiger partial charge in [-0.15, -0.1) is 0 Å². The Morgan fingerprint density at radius 1 is 1.25 bits per heavy atom. The second-order valence-electron chi connectivity index (χ2n) is 7.04. The van der Waals surface area contributed by atoms with E-state index in [4.69, 9.17) is 4.74 Å². The standard InChI is InChI=1S/C20H27N5O3/c1-4-28-19(26)17-7-9-24(10-8-17)20(27)22-13-16-5-6-18(21-12-16)25-15(3)11-14(2)23-25/h5-6,11-12,17H,4,7-10,13H2,1-3H3,(H,22,27). The highest BCUT2D eigenvalue weighted by molar-refractivity contribution is 5.76. The normalized spacial score (nSPS) is 14.8. The molecule has 3 rings (SSSR count). The van der Waals surface area contributed by atoms with Crippen molar-refractivity contribution in [3.8, 4) is 5.82 Å². The molecule has 0 spiro atoms. The van der Waals surface area contributed by atoms with Gasteiger partial charge in [0.2, 0.25) is 0 Å². The molecule has 8 nitrogen and oxygen atoms in total. The number of amides is 2. The molecular formula is C20H27N5O3. The van der Waals surface area contributed by atoms with Crippen LogP contribution in [0.4, 0.5) is 4.79 Å². The number of likely N-dealkylation sites (tertiary alicyclic amines) is 1. The number of nitrogens with zero attached hydrogens (tertiary/aromatic N) is 4. The van der Waals surface area contributed by atoms with E-state index in [2.05, 4.69) is 15.4 Å². The van der Waals surface area contributed by atoms with Crippen LogP contribution < -0.4 is 5.32 Å². The lowest BCUT2D eigenvalue weighted by Gasteiger charge is -2.30. The van der Waals surface area contributed by atoms with Gasteiger partial charge in [-0.3, -0.25) is 4.79 Å². The van der Waals surface area contributed by atoms with Crippen molar-refractivity contribution in [2.24, 2.45) is 5.92 Å². The summed E-state index contributed by atoms with van der Waals surface area (Å²) in [4.78, 5) is 30.3.